The van der Waals surface area contributed by atoms with Crippen LogP contribution in [0.1, 0.15) is 40.7 Å². The summed E-state index contributed by atoms with van der Waals surface area (Å²) in [7, 11) is 0. The van der Waals surface area contributed by atoms with Gasteiger partial charge < -0.3 is 5.73 Å². The standard InChI is InChI=1S/C15H15N3O3/c1-8-17-11-4-2-3-10(16)14(11)15(21)18(8)12-6-5-9(19)7-13(12)20/h2-4,12H,5-7,16H2,1H3/i1D2,2D,3D,5D2,12D. The highest BCUT2D eigenvalue weighted by atomic mass is 16.2. The first kappa shape index (κ1) is 7.49. The van der Waals surface area contributed by atoms with Gasteiger partial charge in [-0.15, -0.1) is 0 Å². The molecule has 6 nitrogen and oxygen atoms in total. The van der Waals surface area contributed by atoms with Crippen LogP contribution in [0.4, 0.5) is 5.69 Å². The van der Waals surface area contributed by atoms with Crippen LogP contribution >= 0.6 is 0 Å². The van der Waals surface area contributed by atoms with Crippen molar-refractivity contribution in [3.05, 3.63) is 34.3 Å². The number of benzene rings is 1. The fraction of sp³-hybridized carbons (Fsp3) is 0.333. The maximum absolute atomic E-state index is 13.1. The number of aromatic nitrogens is 2. The van der Waals surface area contributed by atoms with Crippen LogP contribution < -0.4 is 11.3 Å². The van der Waals surface area contributed by atoms with Crippen LogP contribution in [-0.2, 0) is 9.59 Å². The van der Waals surface area contributed by atoms with Crippen LogP contribution in [0.15, 0.2) is 22.9 Å². The van der Waals surface area contributed by atoms with Gasteiger partial charge in [0, 0.05) is 17.5 Å². The molecule has 1 fully saturated rings. The summed E-state index contributed by atoms with van der Waals surface area (Å²) in [4.78, 5) is 41.4. The molecule has 1 heterocycles. The molecule has 1 aromatic carbocycles. The lowest BCUT2D eigenvalue weighted by Crippen LogP contribution is -2.36. The fourth-order valence-corrected chi connectivity index (χ4v) is 2.21. The first-order valence-electron chi connectivity index (χ1n) is 9.70. The highest BCUT2D eigenvalue weighted by Crippen LogP contribution is 2.24. The van der Waals surface area contributed by atoms with Crippen LogP contribution in [0, 0.1) is 6.88 Å². The fourth-order valence-electron chi connectivity index (χ4n) is 2.21. The number of aryl methyl sites for hydroxylation is 1. The number of Topliss-reactive ketones (excluding diaryl/α,β-unsaturated/α-hetero) is 2. The first-order chi connectivity index (χ1) is 12.8. The molecule has 6 heteroatoms. The zero-order chi connectivity index (χ0) is 21.2. The largest absolute Gasteiger partial charge is 0.398 e. The Morgan fingerprint density at radius 1 is 1.57 bits per heavy atom. The van der Waals surface area contributed by atoms with Gasteiger partial charge in [-0.3, -0.25) is 19.0 Å². The molecular formula is C15H15N3O3. The van der Waals surface area contributed by atoms with E-state index in [1.807, 2.05) is 0 Å². The lowest BCUT2D eigenvalue weighted by Gasteiger charge is -2.24. The van der Waals surface area contributed by atoms with Crippen molar-refractivity contribution in [1.82, 2.24) is 9.55 Å². The third-order valence-corrected chi connectivity index (χ3v) is 3.19. The summed E-state index contributed by atoms with van der Waals surface area (Å²) < 4.78 is 55.3. The summed E-state index contributed by atoms with van der Waals surface area (Å²) >= 11 is 0. The number of carbonyl (C=O) groups excluding carboxylic acids is 2. The van der Waals surface area contributed by atoms with Gasteiger partial charge in [-0.1, -0.05) is 6.04 Å². The summed E-state index contributed by atoms with van der Waals surface area (Å²) in [5, 5.41) is -0.373. The summed E-state index contributed by atoms with van der Waals surface area (Å²) in [6.45, 7) is -1.93. The number of rotatable bonds is 1. The molecule has 108 valence electrons. The maximum Gasteiger partial charge on any atom is 0.264 e. The normalized spacial score (nSPS) is 30.0. The average molecular weight is 292 g/mol. The van der Waals surface area contributed by atoms with Gasteiger partial charge >= 0.3 is 0 Å². The van der Waals surface area contributed by atoms with Crippen LogP contribution in [0.5, 0.6) is 0 Å². The van der Waals surface area contributed by atoms with Crippen molar-refractivity contribution < 1.29 is 19.2 Å². The Bertz CT molecular complexity index is 1100. The highest BCUT2D eigenvalue weighted by Gasteiger charge is 2.30. The molecule has 1 atom stereocenters. The number of nitrogen functional groups attached to an aromatic ring is 1. The molecule has 21 heavy (non-hydrogen) atoms. The van der Waals surface area contributed by atoms with Gasteiger partial charge in [0.25, 0.3) is 5.56 Å². The Labute approximate surface area is 130 Å². The number of carbonyl (C=O) groups is 2. The Hall–Kier alpha value is -2.50. The average Bonchev–Trinajstić information content (AvgIpc) is 2.57. The van der Waals surface area contributed by atoms with Crippen LogP contribution in [-0.4, -0.2) is 21.1 Å². The molecule has 0 aliphatic heterocycles. The first-order valence-corrected chi connectivity index (χ1v) is 6.05. The van der Waals surface area contributed by atoms with E-state index in [0.29, 0.717) is 4.57 Å². The molecule has 1 aliphatic carbocycles. The van der Waals surface area contributed by atoms with Gasteiger partial charge in [-0.25, -0.2) is 4.98 Å². The quantitative estimate of drug-likeness (QED) is 0.628. The van der Waals surface area contributed by atoms with Gasteiger partial charge in [0.2, 0.25) is 0 Å². The summed E-state index contributed by atoms with van der Waals surface area (Å²) in [6.07, 6.45) is -4.49. The molecule has 1 unspecified atom stereocenters. The van der Waals surface area contributed by atoms with Crippen molar-refractivity contribution in [3.8, 4) is 0 Å². The van der Waals surface area contributed by atoms with Crippen molar-refractivity contribution in [2.45, 2.75) is 32.1 Å². The second-order valence-corrected chi connectivity index (χ2v) is 4.52. The molecule has 2 N–H and O–H groups in total. The van der Waals surface area contributed by atoms with Crippen LogP contribution in [0.25, 0.3) is 10.9 Å². The second-order valence-electron chi connectivity index (χ2n) is 4.52. The number of ketones is 2. The van der Waals surface area contributed by atoms with E-state index >= 15 is 0 Å². The van der Waals surface area contributed by atoms with E-state index in [1.54, 1.807) is 0 Å². The molecule has 1 aliphatic rings. The SMILES string of the molecule is [2H]c1cc2nc(C([2H])[2H])n(C3([2H])CC([2H])([2H])C(=O)CC3=O)c(=O)c2c(N)c1[2H]. The van der Waals surface area contributed by atoms with Crippen LogP contribution in [0.3, 0.4) is 0 Å². The second kappa shape index (κ2) is 4.80. The van der Waals surface area contributed by atoms with E-state index in [0.717, 1.165) is 6.07 Å². The number of hydrogen-bond donors (Lipinski definition) is 1. The smallest absolute Gasteiger partial charge is 0.264 e. The van der Waals surface area contributed by atoms with Gasteiger partial charge in [0.15, 0.2) is 5.78 Å². The molecule has 2 aromatic rings. The van der Waals surface area contributed by atoms with E-state index in [9.17, 15) is 14.4 Å². The number of hydrogen-bond acceptors (Lipinski definition) is 5. The Balaban J connectivity index is 2.45. The lowest BCUT2D eigenvalue weighted by molar-refractivity contribution is -0.132. The Morgan fingerprint density at radius 3 is 3.14 bits per heavy atom. The summed E-state index contributed by atoms with van der Waals surface area (Å²) in [5.41, 5.74) is 4.07. The minimum Gasteiger partial charge on any atom is -0.398 e. The summed E-state index contributed by atoms with van der Waals surface area (Å²) in [5.74, 6) is -2.72. The van der Waals surface area contributed by atoms with Gasteiger partial charge in [0.05, 0.1) is 27.5 Å². The molecule has 1 saturated carbocycles. The van der Waals surface area contributed by atoms with Crippen molar-refractivity contribution in [3.63, 3.8) is 0 Å². The molecule has 0 amide bonds. The number of fused-ring (bicyclic) bond motifs is 1. The zero-order valence-corrected chi connectivity index (χ0v) is 10.8. The van der Waals surface area contributed by atoms with Crippen LogP contribution in [0.2, 0.25) is 0 Å². The number of nitrogens with zero attached hydrogens (tertiary/aromatic N) is 2. The lowest BCUT2D eigenvalue weighted by atomic mass is 9.92. The number of anilines is 1. The predicted molar refractivity (Wildman–Crippen MR) is 78.1 cm³/mol. The third kappa shape index (κ3) is 2.12. The van der Waals surface area contributed by atoms with E-state index in [2.05, 4.69) is 4.98 Å². The van der Waals surface area contributed by atoms with Gasteiger partial charge in [-0.05, 0) is 25.4 Å². The maximum atomic E-state index is 13.1. The van der Waals surface area contributed by atoms with Gasteiger partial charge in [0.1, 0.15) is 11.6 Å². The van der Waals surface area contributed by atoms with Crippen molar-refractivity contribution in [2.75, 3.05) is 5.73 Å². The van der Waals surface area contributed by atoms with E-state index in [1.165, 1.54) is 0 Å². The molecule has 0 radical (unpaired) electrons. The predicted octanol–water partition coefficient (Wildman–Crippen LogP) is 1.15. The Morgan fingerprint density at radius 2 is 2.38 bits per heavy atom. The van der Waals surface area contributed by atoms with Crippen molar-refractivity contribution in [1.29, 1.82) is 0 Å². The van der Waals surface area contributed by atoms with Crippen molar-refractivity contribution in [2.24, 2.45) is 0 Å². The Kier molecular flexibility index (Phi) is 1.71. The number of nitrogens with two attached hydrogens (primary N) is 1. The minimum absolute atomic E-state index is 0.176. The monoisotopic (exact) mass is 292 g/mol. The topological polar surface area (TPSA) is 95.0 Å². The van der Waals surface area contributed by atoms with E-state index < -0.39 is 66.8 Å². The molecule has 0 bridgehead atoms. The highest BCUT2D eigenvalue weighted by molar-refractivity contribution is 6.03. The molecule has 0 spiro atoms. The molecule has 0 saturated heterocycles. The minimum atomic E-state index is -2.61. The molecular weight excluding hydrogens is 270 g/mol. The third-order valence-electron chi connectivity index (χ3n) is 3.19. The van der Waals surface area contributed by atoms with Gasteiger partial charge in [-0.2, -0.15) is 0 Å². The molecule has 3 rings (SSSR count). The van der Waals surface area contributed by atoms with Crippen molar-refractivity contribution >= 4 is 28.2 Å². The molecule has 1 aromatic heterocycles. The summed E-state index contributed by atoms with van der Waals surface area (Å²) in [6, 6.07) is -2.38. The van der Waals surface area contributed by atoms with E-state index in [-0.39, 0.29) is 16.9 Å². The van der Waals surface area contributed by atoms with E-state index in [4.69, 9.17) is 15.3 Å². The zero-order valence-electron chi connectivity index (χ0n) is 17.8.